The fourth-order valence-electron chi connectivity index (χ4n) is 2.35. The Morgan fingerprint density at radius 1 is 1.19 bits per heavy atom. The van der Waals surface area contributed by atoms with Gasteiger partial charge in [-0.25, -0.2) is 8.42 Å². The van der Waals surface area contributed by atoms with Crippen molar-refractivity contribution in [3.63, 3.8) is 0 Å². The molecule has 0 unspecified atom stereocenters. The molecule has 118 valence electrons. The van der Waals surface area contributed by atoms with E-state index in [0.29, 0.717) is 25.5 Å². The van der Waals surface area contributed by atoms with Crippen LogP contribution in [0.15, 0.2) is 27.6 Å². The average Bonchev–Trinajstić information content (AvgIpc) is 2.65. The molecule has 0 bridgehead atoms. The largest absolute Gasteiger partial charge is 0.301 e. The van der Waals surface area contributed by atoms with Crippen molar-refractivity contribution < 1.29 is 8.42 Å². The third-order valence-electron chi connectivity index (χ3n) is 3.46. The summed E-state index contributed by atoms with van der Waals surface area (Å²) in [4.78, 5) is 2.35. The predicted molar refractivity (Wildman–Crippen MR) is 89.7 cm³/mol. The SMILES string of the molecule is O=S(=O)(c1ccc(Br)cc1Cl)N1CCCN(CCCl)CC1. The molecule has 21 heavy (non-hydrogen) atoms. The fraction of sp³-hybridized carbons (Fsp3) is 0.538. The first-order valence-electron chi connectivity index (χ1n) is 6.68. The van der Waals surface area contributed by atoms with Crippen molar-refractivity contribution in [3.8, 4) is 0 Å². The molecule has 1 aromatic rings. The van der Waals surface area contributed by atoms with E-state index in [9.17, 15) is 8.42 Å². The lowest BCUT2D eigenvalue weighted by molar-refractivity contribution is 0.303. The summed E-state index contributed by atoms with van der Waals surface area (Å²) >= 11 is 15.1. The molecule has 2 rings (SSSR count). The van der Waals surface area contributed by atoms with Crippen molar-refractivity contribution in [2.45, 2.75) is 11.3 Å². The number of benzene rings is 1. The second-order valence-electron chi connectivity index (χ2n) is 4.86. The number of halogens is 3. The van der Waals surface area contributed by atoms with Crippen molar-refractivity contribution in [2.24, 2.45) is 0 Å². The molecule has 1 fully saturated rings. The number of alkyl halides is 1. The van der Waals surface area contributed by atoms with Gasteiger partial charge in [-0.1, -0.05) is 27.5 Å². The highest BCUT2D eigenvalue weighted by molar-refractivity contribution is 9.10. The Hall–Kier alpha value is 0.150. The van der Waals surface area contributed by atoms with Crippen LogP contribution in [0.3, 0.4) is 0 Å². The van der Waals surface area contributed by atoms with Gasteiger partial charge in [-0.3, -0.25) is 0 Å². The van der Waals surface area contributed by atoms with Crippen LogP contribution >= 0.6 is 39.1 Å². The van der Waals surface area contributed by atoms with Gasteiger partial charge in [0.25, 0.3) is 0 Å². The third-order valence-corrected chi connectivity index (χ3v) is 6.50. The Kier molecular flexibility index (Phi) is 6.35. The van der Waals surface area contributed by atoms with Gasteiger partial charge in [0.1, 0.15) is 4.90 Å². The highest BCUT2D eigenvalue weighted by Gasteiger charge is 2.28. The third kappa shape index (κ3) is 4.33. The monoisotopic (exact) mass is 414 g/mol. The van der Waals surface area contributed by atoms with Crippen molar-refractivity contribution >= 4 is 49.2 Å². The highest BCUT2D eigenvalue weighted by atomic mass is 79.9. The Labute approximate surface area is 144 Å². The molecule has 4 nitrogen and oxygen atoms in total. The molecular weight excluding hydrogens is 399 g/mol. The van der Waals surface area contributed by atoms with E-state index in [1.54, 1.807) is 18.2 Å². The minimum absolute atomic E-state index is 0.165. The maximum absolute atomic E-state index is 12.7. The normalized spacial score (nSPS) is 18.6. The van der Waals surface area contributed by atoms with Crippen LogP contribution in [0.1, 0.15) is 6.42 Å². The van der Waals surface area contributed by atoms with E-state index >= 15 is 0 Å². The van der Waals surface area contributed by atoms with E-state index in [0.717, 1.165) is 24.0 Å². The lowest BCUT2D eigenvalue weighted by Gasteiger charge is -2.21. The molecule has 0 radical (unpaired) electrons. The number of hydrogen-bond donors (Lipinski definition) is 0. The smallest absolute Gasteiger partial charge is 0.244 e. The summed E-state index contributed by atoms with van der Waals surface area (Å²) in [5.41, 5.74) is 0. The van der Waals surface area contributed by atoms with E-state index in [1.165, 1.54) is 4.31 Å². The second-order valence-corrected chi connectivity index (χ2v) is 8.47. The molecule has 8 heteroatoms. The van der Waals surface area contributed by atoms with Crippen molar-refractivity contribution in [2.75, 3.05) is 38.6 Å². The Morgan fingerprint density at radius 3 is 2.62 bits per heavy atom. The number of hydrogen-bond acceptors (Lipinski definition) is 3. The van der Waals surface area contributed by atoms with Crippen LogP contribution in [-0.2, 0) is 10.0 Å². The lowest BCUT2D eigenvalue weighted by atomic mass is 10.4. The van der Waals surface area contributed by atoms with Crippen LogP contribution in [0.2, 0.25) is 5.02 Å². The van der Waals surface area contributed by atoms with Crippen LogP contribution in [0.5, 0.6) is 0 Å². The van der Waals surface area contributed by atoms with Gasteiger partial charge in [0, 0.05) is 36.5 Å². The van der Waals surface area contributed by atoms with Gasteiger partial charge in [-0.15, -0.1) is 11.6 Å². The molecule has 0 N–H and O–H groups in total. The van der Waals surface area contributed by atoms with Crippen molar-refractivity contribution in [1.82, 2.24) is 9.21 Å². The second kappa shape index (κ2) is 7.62. The Balaban J connectivity index is 2.19. The Bertz CT molecular complexity index is 598. The molecule has 0 amide bonds. The van der Waals surface area contributed by atoms with Gasteiger partial charge < -0.3 is 4.90 Å². The summed E-state index contributed by atoms with van der Waals surface area (Å²) in [6, 6.07) is 4.84. The first-order valence-corrected chi connectivity index (χ1v) is 9.83. The molecule has 1 aromatic carbocycles. The zero-order valence-electron chi connectivity index (χ0n) is 11.4. The van der Waals surface area contributed by atoms with Crippen LogP contribution in [0.25, 0.3) is 0 Å². The molecule has 0 atom stereocenters. The standard InChI is InChI=1S/C13H17BrCl2N2O2S/c14-11-2-3-13(12(16)10-11)21(19,20)18-6-1-5-17(7-4-15)8-9-18/h2-3,10H,1,4-9H2. The van der Waals surface area contributed by atoms with Gasteiger partial charge in [0.05, 0.1) is 5.02 Å². The van der Waals surface area contributed by atoms with Crippen molar-refractivity contribution in [3.05, 3.63) is 27.7 Å². The van der Waals surface area contributed by atoms with Gasteiger partial charge in [-0.05, 0) is 31.2 Å². The molecule has 0 aromatic heterocycles. The molecule has 0 spiro atoms. The molecular formula is C13H17BrCl2N2O2S. The number of sulfonamides is 1. The maximum atomic E-state index is 12.7. The lowest BCUT2D eigenvalue weighted by Crippen LogP contribution is -2.35. The quantitative estimate of drug-likeness (QED) is 0.709. The van der Waals surface area contributed by atoms with E-state index in [2.05, 4.69) is 20.8 Å². The van der Waals surface area contributed by atoms with E-state index in [-0.39, 0.29) is 9.92 Å². The summed E-state index contributed by atoms with van der Waals surface area (Å²) in [6.45, 7) is 3.32. The van der Waals surface area contributed by atoms with Gasteiger partial charge in [-0.2, -0.15) is 4.31 Å². The number of rotatable bonds is 4. The predicted octanol–water partition coefficient (Wildman–Crippen LogP) is 3.04. The topological polar surface area (TPSA) is 40.6 Å². The van der Waals surface area contributed by atoms with E-state index in [1.807, 2.05) is 0 Å². The first-order chi connectivity index (χ1) is 9.95. The van der Waals surface area contributed by atoms with Crippen LogP contribution in [0, 0.1) is 0 Å². The van der Waals surface area contributed by atoms with Gasteiger partial charge in [0.2, 0.25) is 10.0 Å². The summed E-state index contributed by atoms with van der Waals surface area (Å²) in [5, 5.41) is 0.242. The Morgan fingerprint density at radius 2 is 1.95 bits per heavy atom. The maximum Gasteiger partial charge on any atom is 0.244 e. The molecule has 1 aliphatic heterocycles. The molecule has 0 aliphatic carbocycles. The van der Waals surface area contributed by atoms with Crippen LogP contribution in [0.4, 0.5) is 0 Å². The molecule has 0 saturated carbocycles. The molecule has 1 aliphatic rings. The zero-order chi connectivity index (χ0) is 15.5. The summed E-state index contributed by atoms with van der Waals surface area (Å²) in [5.74, 6) is 0.561. The van der Waals surface area contributed by atoms with Crippen molar-refractivity contribution in [1.29, 1.82) is 0 Å². The minimum Gasteiger partial charge on any atom is -0.301 e. The molecule has 1 saturated heterocycles. The zero-order valence-corrected chi connectivity index (χ0v) is 15.3. The first kappa shape index (κ1) is 17.5. The summed E-state index contributed by atoms with van der Waals surface area (Å²) < 4.78 is 27.7. The minimum atomic E-state index is -3.55. The summed E-state index contributed by atoms with van der Waals surface area (Å²) in [7, 11) is -3.55. The van der Waals surface area contributed by atoms with Gasteiger partial charge in [0.15, 0.2) is 0 Å². The van der Waals surface area contributed by atoms with Crippen LogP contribution < -0.4 is 0 Å². The summed E-state index contributed by atoms with van der Waals surface area (Å²) in [6.07, 6.45) is 0.796. The fourth-order valence-corrected chi connectivity index (χ4v) is 5.07. The highest BCUT2D eigenvalue weighted by Crippen LogP contribution is 2.28. The molecule has 1 heterocycles. The van der Waals surface area contributed by atoms with Crippen LogP contribution in [-0.4, -0.2) is 56.2 Å². The number of nitrogens with zero attached hydrogens (tertiary/aromatic N) is 2. The van der Waals surface area contributed by atoms with Gasteiger partial charge >= 0.3 is 0 Å². The van der Waals surface area contributed by atoms with E-state index < -0.39 is 10.0 Å². The van der Waals surface area contributed by atoms with E-state index in [4.69, 9.17) is 23.2 Å². The average molecular weight is 416 g/mol.